The van der Waals surface area contributed by atoms with Crippen molar-refractivity contribution in [3.05, 3.63) is 28.2 Å². The molecule has 0 spiro atoms. The summed E-state index contributed by atoms with van der Waals surface area (Å²) < 4.78 is 1.24. The van der Waals surface area contributed by atoms with Crippen LogP contribution < -0.4 is 10.9 Å². The van der Waals surface area contributed by atoms with Crippen LogP contribution in [0.2, 0.25) is 0 Å². The summed E-state index contributed by atoms with van der Waals surface area (Å²) in [6.45, 7) is 2.63. The van der Waals surface area contributed by atoms with Gasteiger partial charge in [-0.2, -0.15) is 5.10 Å². The van der Waals surface area contributed by atoms with Gasteiger partial charge in [0.2, 0.25) is 0 Å². The molecule has 7 nitrogen and oxygen atoms in total. The van der Waals surface area contributed by atoms with E-state index in [9.17, 15) is 14.4 Å². The van der Waals surface area contributed by atoms with Crippen LogP contribution in [0.3, 0.4) is 0 Å². The zero-order valence-corrected chi connectivity index (χ0v) is 10.8. The van der Waals surface area contributed by atoms with E-state index in [1.54, 1.807) is 0 Å². The first-order chi connectivity index (χ1) is 9.04. The fraction of sp³-hybridized carbons (Fsp3) is 0.500. The number of carbonyl (C=O) groups excluding carboxylic acids is 1. The zero-order valence-electron chi connectivity index (χ0n) is 10.8. The second-order valence-corrected chi connectivity index (χ2v) is 4.03. The summed E-state index contributed by atoms with van der Waals surface area (Å²) >= 11 is 0. The highest BCUT2D eigenvalue weighted by atomic mass is 16.4. The van der Waals surface area contributed by atoms with Gasteiger partial charge in [-0.1, -0.05) is 6.92 Å². The molecule has 0 saturated heterocycles. The van der Waals surface area contributed by atoms with Crippen LogP contribution >= 0.6 is 0 Å². The highest BCUT2D eigenvalue weighted by molar-refractivity contribution is 5.91. The van der Waals surface area contributed by atoms with Crippen LogP contribution in [0.15, 0.2) is 16.9 Å². The van der Waals surface area contributed by atoms with Crippen LogP contribution in [0.4, 0.5) is 0 Å². The third-order valence-corrected chi connectivity index (χ3v) is 2.39. The standard InChI is InChI=1S/C12H17N3O4/c1-2-8-15-10(16)6-5-9(14-15)12(19)13-7-3-4-11(17)18/h5-6H,2-4,7-8H2,1H3,(H,13,19)(H,17,18). The van der Waals surface area contributed by atoms with E-state index < -0.39 is 11.9 Å². The molecule has 0 aliphatic rings. The minimum Gasteiger partial charge on any atom is -0.481 e. The summed E-state index contributed by atoms with van der Waals surface area (Å²) in [5.41, 5.74) is -0.0901. The van der Waals surface area contributed by atoms with E-state index in [4.69, 9.17) is 5.11 Å². The topological polar surface area (TPSA) is 101 Å². The predicted molar refractivity (Wildman–Crippen MR) is 68.0 cm³/mol. The van der Waals surface area contributed by atoms with Gasteiger partial charge >= 0.3 is 5.97 Å². The molecule has 0 aliphatic carbocycles. The first-order valence-corrected chi connectivity index (χ1v) is 6.12. The number of hydrogen-bond donors (Lipinski definition) is 2. The normalized spacial score (nSPS) is 10.2. The number of hydrogen-bond acceptors (Lipinski definition) is 4. The van der Waals surface area contributed by atoms with Crippen molar-refractivity contribution in [2.45, 2.75) is 32.7 Å². The van der Waals surface area contributed by atoms with E-state index in [1.807, 2.05) is 6.92 Å². The van der Waals surface area contributed by atoms with Crippen molar-refractivity contribution >= 4 is 11.9 Å². The van der Waals surface area contributed by atoms with Gasteiger partial charge in [-0.3, -0.25) is 14.4 Å². The summed E-state index contributed by atoms with van der Waals surface area (Å²) in [6.07, 6.45) is 1.11. The molecule has 0 saturated carbocycles. The molecule has 0 unspecified atom stereocenters. The summed E-state index contributed by atoms with van der Waals surface area (Å²) in [6, 6.07) is 2.66. The minimum atomic E-state index is -0.899. The van der Waals surface area contributed by atoms with E-state index in [2.05, 4.69) is 10.4 Å². The lowest BCUT2D eigenvalue weighted by molar-refractivity contribution is -0.137. The molecule has 7 heteroatoms. The Hall–Kier alpha value is -2.18. The molecule has 1 heterocycles. The fourth-order valence-corrected chi connectivity index (χ4v) is 1.47. The number of nitrogens with one attached hydrogen (secondary N) is 1. The summed E-state index contributed by atoms with van der Waals surface area (Å²) in [4.78, 5) is 33.4. The lowest BCUT2D eigenvalue weighted by Gasteiger charge is -2.06. The van der Waals surface area contributed by atoms with Crippen LogP contribution in [-0.2, 0) is 11.3 Å². The van der Waals surface area contributed by atoms with Crippen LogP contribution in [0.5, 0.6) is 0 Å². The number of aromatic nitrogens is 2. The lowest BCUT2D eigenvalue weighted by Crippen LogP contribution is -2.30. The number of aliphatic carboxylic acids is 1. The molecule has 0 aliphatic heterocycles. The zero-order chi connectivity index (χ0) is 14.3. The van der Waals surface area contributed by atoms with Gasteiger partial charge in [-0.25, -0.2) is 4.68 Å². The van der Waals surface area contributed by atoms with Gasteiger partial charge in [0.15, 0.2) is 0 Å². The number of carbonyl (C=O) groups is 2. The Morgan fingerprint density at radius 2 is 2.16 bits per heavy atom. The summed E-state index contributed by atoms with van der Waals surface area (Å²) in [5.74, 6) is -1.31. The highest BCUT2D eigenvalue weighted by Crippen LogP contribution is 1.93. The van der Waals surface area contributed by atoms with Gasteiger partial charge in [0.25, 0.3) is 11.5 Å². The maximum Gasteiger partial charge on any atom is 0.303 e. The Kier molecular flexibility index (Phi) is 5.72. The molecule has 0 bridgehead atoms. The molecule has 104 valence electrons. The van der Waals surface area contributed by atoms with Crippen LogP contribution in [0.25, 0.3) is 0 Å². The molecule has 0 fully saturated rings. The lowest BCUT2D eigenvalue weighted by atomic mass is 10.3. The molecule has 0 radical (unpaired) electrons. The Morgan fingerprint density at radius 3 is 2.79 bits per heavy atom. The Balaban J connectivity index is 2.59. The molecule has 1 rings (SSSR count). The monoisotopic (exact) mass is 267 g/mol. The van der Waals surface area contributed by atoms with Gasteiger partial charge in [0, 0.05) is 25.6 Å². The quantitative estimate of drug-likeness (QED) is 0.689. The van der Waals surface area contributed by atoms with Crippen molar-refractivity contribution in [1.82, 2.24) is 15.1 Å². The number of amides is 1. The van der Waals surface area contributed by atoms with Gasteiger partial charge in [-0.15, -0.1) is 0 Å². The van der Waals surface area contributed by atoms with Crippen LogP contribution in [0, 0.1) is 0 Å². The summed E-state index contributed by atoms with van der Waals surface area (Å²) in [7, 11) is 0. The fourth-order valence-electron chi connectivity index (χ4n) is 1.47. The minimum absolute atomic E-state index is 0.00302. The molecule has 0 aromatic carbocycles. The first-order valence-electron chi connectivity index (χ1n) is 6.12. The molecule has 1 amide bonds. The molecule has 1 aromatic heterocycles. The highest BCUT2D eigenvalue weighted by Gasteiger charge is 2.09. The van der Waals surface area contributed by atoms with Crippen molar-refractivity contribution in [3.8, 4) is 0 Å². The molecule has 19 heavy (non-hydrogen) atoms. The van der Waals surface area contributed by atoms with E-state index in [-0.39, 0.29) is 24.2 Å². The average molecular weight is 267 g/mol. The smallest absolute Gasteiger partial charge is 0.303 e. The van der Waals surface area contributed by atoms with Crippen LogP contribution in [0.1, 0.15) is 36.7 Å². The second-order valence-electron chi connectivity index (χ2n) is 4.03. The van der Waals surface area contributed by atoms with Crippen molar-refractivity contribution < 1.29 is 14.7 Å². The van der Waals surface area contributed by atoms with Crippen molar-refractivity contribution in [1.29, 1.82) is 0 Å². The number of carboxylic acids is 1. The number of nitrogens with zero attached hydrogens (tertiary/aromatic N) is 2. The first kappa shape index (κ1) is 14.9. The Bertz CT molecular complexity index is 510. The van der Waals surface area contributed by atoms with E-state index in [0.29, 0.717) is 13.0 Å². The molecule has 2 N–H and O–H groups in total. The van der Waals surface area contributed by atoms with Gasteiger partial charge in [-0.05, 0) is 18.9 Å². The van der Waals surface area contributed by atoms with E-state index >= 15 is 0 Å². The second kappa shape index (κ2) is 7.30. The van der Waals surface area contributed by atoms with Gasteiger partial charge in [0.1, 0.15) is 5.69 Å². The molecule has 0 atom stereocenters. The van der Waals surface area contributed by atoms with Crippen LogP contribution in [-0.4, -0.2) is 33.3 Å². The molecule has 1 aromatic rings. The largest absolute Gasteiger partial charge is 0.481 e. The number of aryl methyl sites for hydroxylation is 1. The SMILES string of the molecule is CCCn1nc(C(=O)NCCCC(=O)O)ccc1=O. The third kappa shape index (κ3) is 4.90. The van der Waals surface area contributed by atoms with Gasteiger partial charge < -0.3 is 10.4 Å². The maximum absolute atomic E-state index is 11.7. The predicted octanol–water partition coefficient (Wildman–Crippen LogP) is 0.248. The molecular formula is C12H17N3O4. The average Bonchev–Trinajstić information content (AvgIpc) is 2.37. The Morgan fingerprint density at radius 1 is 1.42 bits per heavy atom. The number of rotatable bonds is 7. The van der Waals surface area contributed by atoms with Crippen molar-refractivity contribution in [2.75, 3.05) is 6.54 Å². The van der Waals surface area contributed by atoms with Crippen molar-refractivity contribution in [3.63, 3.8) is 0 Å². The van der Waals surface area contributed by atoms with E-state index in [0.717, 1.165) is 6.42 Å². The van der Waals surface area contributed by atoms with Gasteiger partial charge in [0.05, 0.1) is 0 Å². The van der Waals surface area contributed by atoms with Crippen molar-refractivity contribution in [2.24, 2.45) is 0 Å². The third-order valence-electron chi connectivity index (χ3n) is 2.39. The maximum atomic E-state index is 11.7. The van der Waals surface area contributed by atoms with E-state index in [1.165, 1.54) is 16.8 Å². The summed E-state index contributed by atoms with van der Waals surface area (Å²) in [5, 5.41) is 15.0. The molecular weight excluding hydrogens is 250 g/mol. The number of carboxylic acid groups (broad SMARTS) is 1. The Labute approximate surface area is 110 Å².